The van der Waals surface area contributed by atoms with Gasteiger partial charge in [-0.05, 0) is 18.3 Å². The zero-order valence-corrected chi connectivity index (χ0v) is 9.16. The highest BCUT2D eigenvalue weighted by atomic mass is 16.3. The van der Waals surface area contributed by atoms with E-state index in [0.717, 1.165) is 19.4 Å². The molecule has 0 aliphatic carbocycles. The molecule has 0 saturated carbocycles. The van der Waals surface area contributed by atoms with E-state index >= 15 is 0 Å². The molecule has 1 atom stereocenters. The minimum absolute atomic E-state index is 0.123. The number of hydrogen-bond acceptors (Lipinski definition) is 4. The summed E-state index contributed by atoms with van der Waals surface area (Å²) in [5, 5.41) is 29.4. The second-order valence-electron chi connectivity index (χ2n) is 4.46. The van der Waals surface area contributed by atoms with Crippen LogP contribution in [0.25, 0.3) is 0 Å². The first-order valence-electron chi connectivity index (χ1n) is 5.12. The second kappa shape index (κ2) is 7.17. The number of nitrogens with one attached hydrogen (secondary N) is 1. The fourth-order valence-electron chi connectivity index (χ4n) is 1.29. The van der Waals surface area contributed by atoms with E-state index in [1.54, 1.807) is 0 Å². The van der Waals surface area contributed by atoms with Gasteiger partial charge < -0.3 is 20.6 Å². The van der Waals surface area contributed by atoms with Crippen molar-refractivity contribution in [1.29, 1.82) is 0 Å². The van der Waals surface area contributed by atoms with Crippen LogP contribution >= 0.6 is 0 Å². The Kier molecular flexibility index (Phi) is 7.09. The molecule has 4 heteroatoms. The molecule has 86 valence electrons. The predicted molar refractivity (Wildman–Crippen MR) is 56.1 cm³/mol. The van der Waals surface area contributed by atoms with Crippen molar-refractivity contribution in [2.24, 2.45) is 5.41 Å². The molecule has 0 radical (unpaired) electrons. The SMILES string of the molecule is CC(C)(CCCO)CNC[C@H](O)CO. The van der Waals surface area contributed by atoms with Crippen molar-refractivity contribution in [3.8, 4) is 0 Å². The summed E-state index contributed by atoms with van der Waals surface area (Å²) in [5.41, 5.74) is 0.123. The van der Waals surface area contributed by atoms with Crippen LogP contribution < -0.4 is 5.32 Å². The number of aliphatic hydroxyl groups is 3. The Labute approximate surface area is 86.0 Å². The summed E-state index contributed by atoms with van der Waals surface area (Å²) in [5.74, 6) is 0. The van der Waals surface area contributed by atoms with Gasteiger partial charge in [0.25, 0.3) is 0 Å². The molecule has 0 fully saturated rings. The van der Waals surface area contributed by atoms with E-state index in [-0.39, 0.29) is 18.6 Å². The topological polar surface area (TPSA) is 72.7 Å². The second-order valence-corrected chi connectivity index (χ2v) is 4.46. The highest BCUT2D eigenvalue weighted by molar-refractivity contribution is 4.72. The minimum Gasteiger partial charge on any atom is -0.396 e. The molecular weight excluding hydrogens is 182 g/mol. The van der Waals surface area contributed by atoms with Gasteiger partial charge in [-0.2, -0.15) is 0 Å². The molecule has 0 aliphatic rings. The maximum absolute atomic E-state index is 9.08. The zero-order chi connectivity index (χ0) is 11.0. The van der Waals surface area contributed by atoms with Crippen molar-refractivity contribution in [3.05, 3.63) is 0 Å². The molecule has 0 aromatic heterocycles. The van der Waals surface area contributed by atoms with E-state index in [9.17, 15) is 0 Å². The summed E-state index contributed by atoms with van der Waals surface area (Å²) in [6.07, 6.45) is 1.08. The van der Waals surface area contributed by atoms with Crippen molar-refractivity contribution in [2.75, 3.05) is 26.3 Å². The molecule has 0 aliphatic heterocycles. The van der Waals surface area contributed by atoms with E-state index in [4.69, 9.17) is 15.3 Å². The van der Waals surface area contributed by atoms with Gasteiger partial charge in [0.1, 0.15) is 0 Å². The van der Waals surface area contributed by atoms with Crippen LogP contribution in [-0.4, -0.2) is 47.7 Å². The first kappa shape index (κ1) is 13.8. The van der Waals surface area contributed by atoms with Crippen molar-refractivity contribution < 1.29 is 15.3 Å². The van der Waals surface area contributed by atoms with Crippen LogP contribution in [0.2, 0.25) is 0 Å². The summed E-state index contributed by atoms with van der Waals surface area (Å²) in [6.45, 7) is 5.44. The third-order valence-electron chi connectivity index (χ3n) is 2.21. The minimum atomic E-state index is -0.677. The normalized spacial score (nSPS) is 14.4. The average Bonchev–Trinajstić information content (AvgIpc) is 2.14. The number of hydrogen-bond donors (Lipinski definition) is 4. The van der Waals surface area contributed by atoms with Crippen LogP contribution in [0, 0.1) is 5.41 Å². The zero-order valence-electron chi connectivity index (χ0n) is 9.16. The largest absolute Gasteiger partial charge is 0.396 e. The van der Waals surface area contributed by atoms with Gasteiger partial charge in [0.05, 0.1) is 12.7 Å². The lowest BCUT2D eigenvalue weighted by Crippen LogP contribution is -2.36. The molecule has 14 heavy (non-hydrogen) atoms. The third-order valence-corrected chi connectivity index (χ3v) is 2.21. The molecule has 4 nitrogen and oxygen atoms in total. The monoisotopic (exact) mass is 205 g/mol. The lowest BCUT2D eigenvalue weighted by Gasteiger charge is -2.25. The Morgan fingerprint density at radius 2 is 1.93 bits per heavy atom. The summed E-state index contributed by atoms with van der Waals surface area (Å²) < 4.78 is 0. The van der Waals surface area contributed by atoms with Crippen LogP contribution in [0.3, 0.4) is 0 Å². The van der Waals surface area contributed by atoms with Crippen LogP contribution in [-0.2, 0) is 0 Å². The van der Waals surface area contributed by atoms with E-state index in [1.165, 1.54) is 0 Å². The summed E-state index contributed by atoms with van der Waals surface area (Å²) in [7, 11) is 0. The maximum Gasteiger partial charge on any atom is 0.0894 e. The van der Waals surface area contributed by atoms with Gasteiger partial charge >= 0.3 is 0 Å². The summed E-state index contributed by atoms with van der Waals surface area (Å²) in [6, 6.07) is 0. The van der Waals surface area contributed by atoms with Gasteiger partial charge in [-0.25, -0.2) is 0 Å². The van der Waals surface area contributed by atoms with E-state index in [0.29, 0.717) is 6.54 Å². The van der Waals surface area contributed by atoms with Crippen molar-refractivity contribution in [2.45, 2.75) is 32.8 Å². The van der Waals surface area contributed by atoms with Crippen LogP contribution in [0.5, 0.6) is 0 Å². The Hall–Kier alpha value is -0.160. The summed E-state index contributed by atoms with van der Waals surface area (Å²) >= 11 is 0. The van der Waals surface area contributed by atoms with Gasteiger partial charge in [0, 0.05) is 19.7 Å². The number of aliphatic hydroxyl groups excluding tert-OH is 3. The number of rotatable bonds is 8. The fourth-order valence-corrected chi connectivity index (χ4v) is 1.29. The van der Waals surface area contributed by atoms with Crippen LogP contribution in [0.4, 0.5) is 0 Å². The molecule has 0 heterocycles. The highest BCUT2D eigenvalue weighted by Crippen LogP contribution is 2.20. The first-order valence-corrected chi connectivity index (χ1v) is 5.12. The van der Waals surface area contributed by atoms with Crippen molar-refractivity contribution in [1.82, 2.24) is 5.32 Å². The van der Waals surface area contributed by atoms with Crippen molar-refractivity contribution >= 4 is 0 Å². The van der Waals surface area contributed by atoms with Crippen LogP contribution in [0.15, 0.2) is 0 Å². The van der Waals surface area contributed by atoms with Crippen LogP contribution in [0.1, 0.15) is 26.7 Å². The molecule has 0 unspecified atom stereocenters. The lowest BCUT2D eigenvalue weighted by molar-refractivity contribution is 0.0914. The predicted octanol–water partition coefficient (Wildman–Crippen LogP) is -0.272. The fraction of sp³-hybridized carbons (Fsp3) is 1.00. The molecule has 0 amide bonds. The van der Waals surface area contributed by atoms with Gasteiger partial charge in [0.2, 0.25) is 0 Å². The Balaban J connectivity index is 3.54. The van der Waals surface area contributed by atoms with E-state index in [2.05, 4.69) is 19.2 Å². The first-order chi connectivity index (χ1) is 6.52. The summed E-state index contributed by atoms with van der Waals surface area (Å²) in [4.78, 5) is 0. The quantitative estimate of drug-likeness (QED) is 0.440. The molecule has 0 saturated heterocycles. The lowest BCUT2D eigenvalue weighted by atomic mass is 9.88. The van der Waals surface area contributed by atoms with Gasteiger partial charge in [0.15, 0.2) is 0 Å². The van der Waals surface area contributed by atoms with E-state index < -0.39 is 6.10 Å². The molecule has 0 rings (SSSR count). The third kappa shape index (κ3) is 7.26. The molecule has 0 aromatic rings. The van der Waals surface area contributed by atoms with E-state index in [1.807, 2.05) is 0 Å². The average molecular weight is 205 g/mol. The van der Waals surface area contributed by atoms with Gasteiger partial charge in [-0.1, -0.05) is 13.8 Å². The van der Waals surface area contributed by atoms with Gasteiger partial charge in [-0.15, -0.1) is 0 Å². The Morgan fingerprint density at radius 1 is 1.29 bits per heavy atom. The molecule has 0 aromatic carbocycles. The Morgan fingerprint density at radius 3 is 2.43 bits per heavy atom. The van der Waals surface area contributed by atoms with Crippen molar-refractivity contribution in [3.63, 3.8) is 0 Å². The molecule has 4 N–H and O–H groups in total. The molecular formula is C10H23NO3. The molecule has 0 spiro atoms. The molecule has 0 bridgehead atoms. The standard InChI is InChI=1S/C10H23NO3/c1-10(2,4-3-5-12)8-11-6-9(14)7-13/h9,11-14H,3-8H2,1-2H3/t9-/m0/s1. The Bertz CT molecular complexity index is 139. The van der Waals surface area contributed by atoms with Gasteiger partial charge in [-0.3, -0.25) is 0 Å². The maximum atomic E-state index is 9.08. The smallest absolute Gasteiger partial charge is 0.0894 e. The highest BCUT2D eigenvalue weighted by Gasteiger charge is 2.16.